The van der Waals surface area contributed by atoms with Crippen LogP contribution in [-0.4, -0.2) is 59.5 Å². The van der Waals surface area contributed by atoms with Crippen molar-refractivity contribution in [3.8, 4) is 0 Å². The first-order valence-electron chi connectivity index (χ1n) is 7.65. The van der Waals surface area contributed by atoms with Crippen LogP contribution in [0.3, 0.4) is 0 Å². The average molecular weight is 290 g/mol. The van der Waals surface area contributed by atoms with Crippen LogP contribution in [0.25, 0.3) is 0 Å². The highest BCUT2D eigenvalue weighted by molar-refractivity contribution is 5.99. The highest BCUT2D eigenvalue weighted by Gasteiger charge is 2.30. The van der Waals surface area contributed by atoms with Crippen molar-refractivity contribution in [2.45, 2.75) is 39.8 Å². The summed E-state index contributed by atoms with van der Waals surface area (Å²) in [6.45, 7) is 10.6. The predicted octanol–water partition coefficient (Wildman–Crippen LogP) is 1.99. The third-order valence-electron chi connectivity index (χ3n) is 4.29. The van der Waals surface area contributed by atoms with Crippen molar-refractivity contribution in [2.24, 2.45) is 0 Å². The molecular weight excluding hydrogens is 264 g/mol. The van der Waals surface area contributed by atoms with Crippen molar-refractivity contribution in [2.75, 3.05) is 32.0 Å². The number of hydrogen-bond acceptors (Lipinski definition) is 4. The van der Waals surface area contributed by atoms with Gasteiger partial charge in [-0.1, -0.05) is 0 Å². The highest BCUT2D eigenvalue weighted by atomic mass is 16.2. The SMILES string of the molecule is CCNc1cc(C)ncc1C(=O)N1CC(C)N(C)C(C)C1. The van der Waals surface area contributed by atoms with Gasteiger partial charge in [0.15, 0.2) is 0 Å². The maximum absolute atomic E-state index is 12.8. The number of rotatable bonds is 3. The maximum atomic E-state index is 12.8. The number of aromatic nitrogens is 1. The fraction of sp³-hybridized carbons (Fsp3) is 0.625. The molecule has 1 aromatic rings. The average Bonchev–Trinajstić information content (AvgIpc) is 2.44. The molecule has 1 amide bonds. The lowest BCUT2D eigenvalue weighted by Crippen LogP contribution is -2.56. The molecule has 1 aliphatic rings. The molecule has 2 atom stereocenters. The van der Waals surface area contributed by atoms with Gasteiger partial charge >= 0.3 is 0 Å². The zero-order valence-electron chi connectivity index (χ0n) is 13.7. The van der Waals surface area contributed by atoms with Crippen LogP contribution in [0.4, 0.5) is 5.69 Å². The van der Waals surface area contributed by atoms with Crippen LogP contribution >= 0.6 is 0 Å². The predicted molar refractivity (Wildman–Crippen MR) is 85.7 cm³/mol. The van der Waals surface area contributed by atoms with Gasteiger partial charge in [-0.05, 0) is 40.8 Å². The Balaban J connectivity index is 2.24. The van der Waals surface area contributed by atoms with Crippen LogP contribution in [0.2, 0.25) is 0 Å². The van der Waals surface area contributed by atoms with Crippen LogP contribution in [0, 0.1) is 6.92 Å². The molecule has 0 bridgehead atoms. The molecular formula is C16H26N4O. The Kier molecular flexibility index (Phi) is 4.83. The van der Waals surface area contributed by atoms with Gasteiger partial charge in [-0.3, -0.25) is 14.7 Å². The number of carbonyl (C=O) groups excluding carboxylic acids is 1. The topological polar surface area (TPSA) is 48.5 Å². The molecule has 2 rings (SSSR count). The van der Waals surface area contributed by atoms with Crippen LogP contribution in [0.15, 0.2) is 12.3 Å². The molecule has 0 saturated carbocycles. The van der Waals surface area contributed by atoms with E-state index in [9.17, 15) is 4.79 Å². The molecule has 5 nitrogen and oxygen atoms in total. The standard InChI is InChI=1S/C16H26N4O/c1-6-17-15-7-11(2)18-8-14(15)16(21)20-9-12(3)19(5)13(4)10-20/h7-8,12-13H,6,9-10H2,1-5H3,(H,17,18). The number of piperazine rings is 1. The molecule has 2 unspecified atom stereocenters. The summed E-state index contributed by atoms with van der Waals surface area (Å²) < 4.78 is 0. The van der Waals surface area contributed by atoms with Crippen molar-refractivity contribution >= 4 is 11.6 Å². The summed E-state index contributed by atoms with van der Waals surface area (Å²) in [6, 6.07) is 2.69. The second-order valence-electron chi connectivity index (χ2n) is 5.98. The molecule has 0 aliphatic carbocycles. The summed E-state index contributed by atoms with van der Waals surface area (Å²) in [7, 11) is 2.12. The molecule has 0 radical (unpaired) electrons. The monoisotopic (exact) mass is 290 g/mol. The zero-order valence-corrected chi connectivity index (χ0v) is 13.7. The molecule has 0 aromatic carbocycles. The third kappa shape index (κ3) is 3.35. The van der Waals surface area contributed by atoms with Crippen LogP contribution in [-0.2, 0) is 0 Å². The van der Waals surface area contributed by atoms with Gasteiger partial charge in [0.05, 0.1) is 11.3 Å². The number of amides is 1. The van der Waals surface area contributed by atoms with Crippen LogP contribution in [0.1, 0.15) is 36.8 Å². The number of nitrogens with zero attached hydrogens (tertiary/aromatic N) is 3. The van der Waals surface area contributed by atoms with E-state index in [4.69, 9.17) is 0 Å². The Labute approximate surface area is 127 Å². The normalized spacial score (nSPS) is 23.2. The molecule has 1 aliphatic heterocycles. The fourth-order valence-electron chi connectivity index (χ4n) is 2.81. The van der Waals surface area contributed by atoms with Crippen LogP contribution in [0.5, 0.6) is 0 Å². The largest absolute Gasteiger partial charge is 0.385 e. The van der Waals surface area contributed by atoms with Gasteiger partial charge in [0, 0.05) is 43.6 Å². The highest BCUT2D eigenvalue weighted by Crippen LogP contribution is 2.21. The Hall–Kier alpha value is -1.62. The lowest BCUT2D eigenvalue weighted by molar-refractivity contribution is 0.0414. The van der Waals surface area contributed by atoms with E-state index in [1.807, 2.05) is 24.8 Å². The molecule has 1 saturated heterocycles. The van der Waals surface area contributed by atoms with Crippen molar-refractivity contribution in [3.05, 3.63) is 23.5 Å². The van der Waals surface area contributed by atoms with Gasteiger partial charge in [-0.25, -0.2) is 0 Å². The zero-order chi connectivity index (χ0) is 15.6. The van der Waals surface area contributed by atoms with E-state index < -0.39 is 0 Å². The van der Waals surface area contributed by atoms with E-state index in [1.54, 1.807) is 6.20 Å². The minimum atomic E-state index is 0.0743. The van der Waals surface area contributed by atoms with E-state index in [1.165, 1.54) is 0 Å². The van der Waals surface area contributed by atoms with Gasteiger partial charge in [-0.15, -0.1) is 0 Å². The second-order valence-corrected chi connectivity index (χ2v) is 5.98. The molecule has 1 aromatic heterocycles. The van der Waals surface area contributed by atoms with Crippen LogP contribution < -0.4 is 5.32 Å². The van der Waals surface area contributed by atoms with Crippen molar-refractivity contribution in [1.82, 2.24) is 14.8 Å². The third-order valence-corrected chi connectivity index (χ3v) is 4.29. The summed E-state index contributed by atoms with van der Waals surface area (Å²) in [4.78, 5) is 21.4. The Morgan fingerprint density at radius 1 is 1.38 bits per heavy atom. The molecule has 5 heteroatoms. The number of likely N-dealkylation sites (N-methyl/N-ethyl adjacent to an activating group) is 1. The molecule has 1 fully saturated rings. The molecule has 0 spiro atoms. The van der Waals surface area contributed by atoms with E-state index >= 15 is 0 Å². The van der Waals surface area contributed by atoms with Gasteiger partial charge in [0.1, 0.15) is 0 Å². The maximum Gasteiger partial charge on any atom is 0.257 e. The minimum absolute atomic E-state index is 0.0743. The molecule has 21 heavy (non-hydrogen) atoms. The first kappa shape index (κ1) is 15.8. The quantitative estimate of drug-likeness (QED) is 0.925. The van der Waals surface area contributed by atoms with E-state index in [2.05, 4.69) is 36.1 Å². The number of anilines is 1. The summed E-state index contributed by atoms with van der Waals surface area (Å²) in [5, 5.41) is 3.27. The van der Waals surface area contributed by atoms with Gasteiger partial charge in [0.2, 0.25) is 0 Å². The molecule has 2 heterocycles. The lowest BCUT2D eigenvalue weighted by atomic mass is 10.1. The van der Waals surface area contributed by atoms with Gasteiger partial charge < -0.3 is 10.2 Å². The molecule has 1 N–H and O–H groups in total. The number of aryl methyl sites for hydroxylation is 1. The van der Waals surface area contributed by atoms with E-state index in [0.29, 0.717) is 17.6 Å². The number of nitrogens with one attached hydrogen (secondary N) is 1. The lowest BCUT2D eigenvalue weighted by Gasteiger charge is -2.42. The second kappa shape index (κ2) is 6.43. The summed E-state index contributed by atoms with van der Waals surface area (Å²) >= 11 is 0. The first-order chi connectivity index (χ1) is 9.93. The number of hydrogen-bond donors (Lipinski definition) is 1. The van der Waals surface area contributed by atoms with Gasteiger partial charge in [0.25, 0.3) is 5.91 Å². The Bertz CT molecular complexity index is 505. The fourth-order valence-corrected chi connectivity index (χ4v) is 2.81. The number of pyridine rings is 1. The summed E-state index contributed by atoms with van der Waals surface area (Å²) in [6.07, 6.45) is 1.70. The Morgan fingerprint density at radius 2 is 2.00 bits per heavy atom. The summed E-state index contributed by atoms with van der Waals surface area (Å²) in [5.41, 5.74) is 2.48. The van der Waals surface area contributed by atoms with Crippen molar-refractivity contribution in [3.63, 3.8) is 0 Å². The molecule has 116 valence electrons. The van der Waals surface area contributed by atoms with E-state index in [-0.39, 0.29) is 5.91 Å². The van der Waals surface area contributed by atoms with Crippen molar-refractivity contribution in [1.29, 1.82) is 0 Å². The first-order valence-corrected chi connectivity index (χ1v) is 7.65. The van der Waals surface area contributed by atoms with Crippen molar-refractivity contribution < 1.29 is 4.79 Å². The minimum Gasteiger partial charge on any atom is -0.385 e. The van der Waals surface area contributed by atoms with Gasteiger partial charge in [-0.2, -0.15) is 0 Å². The summed E-state index contributed by atoms with van der Waals surface area (Å²) in [5.74, 6) is 0.0743. The Morgan fingerprint density at radius 3 is 2.57 bits per heavy atom. The smallest absolute Gasteiger partial charge is 0.257 e. The van der Waals surface area contributed by atoms with E-state index in [0.717, 1.165) is 31.0 Å². The number of carbonyl (C=O) groups is 1.